The van der Waals surface area contributed by atoms with Crippen LogP contribution >= 0.6 is 0 Å². The van der Waals surface area contributed by atoms with Crippen molar-refractivity contribution < 1.29 is 38.7 Å². The molecule has 4 rings (SSSR count). The van der Waals surface area contributed by atoms with Crippen LogP contribution in [-0.4, -0.2) is 87.8 Å². The predicted molar refractivity (Wildman–Crippen MR) is 227 cm³/mol. The van der Waals surface area contributed by atoms with Crippen molar-refractivity contribution in [1.29, 1.82) is 0 Å². The number of amides is 6. The summed E-state index contributed by atoms with van der Waals surface area (Å²) in [5.41, 5.74) is 13.8. The number of fused-ring (bicyclic) bond motifs is 1. The third-order valence-corrected chi connectivity index (χ3v) is 11.4. The van der Waals surface area contributed by atoms with E-state index in [0.29, 0.717) is 30.4 Å². The molecule has 7 atom stereocenters. The van der Waals surface area contributed by atoms with Gasteiger partial charge in [0.1, 0.15) is 30.2 Å². The van der Waals surface area contributed by atoms with Crippen molar-refractivity contribution in [3.05, 3.63) is 71.9 Å². The van der Waals surface area contributed by atoms with E-state index in [-0.39, 0.29) is 37.5 Å². The van der Waals surface area contributed by atoms with Gasteiger partial charge in [0.05, 0.1) is 6.04 Å². The Kier molecular flexibility index (Phi) is 17.6. The van der Waals surface area contributed by atoms with Crippen molar-refractivity contribution in [2.45, 2.75) is 128 Å². The number of hydrogen-bond donors (Lipinski definition) is 9. The number of nitrogens with one attached hydrogen (secondary N) is 6. The number of benzene rings is 2. The first-order valence-corrected chi connectivity index (χ1v) is 21.0. The second-order valence-electron chi connectivity index (χ2n) is 16.3. The van der Waals surface area contributed by atoms with E-state index < -0.39 is 83.6 Å². The van der Waals surface area contributed by atoms with Gasteiger partial charge < -0.3 is 48.1 Å². The molecular weight excluding hydrogens is 769 g/mol. The fourth-order valence-electron chi connectivity index (χ4n) is 7.55. The van der Waals surface area contributed by atoms with Crippen LogP contribution in [0.3, 0.4) is 0 Å². The highest BCUT2D eigenvalue weighted by Gasteiger charge is 2.37. The SMILES string of the molecule is CC[C@H](C)[C@H](N)C(=O)N[C@H](C(=O)N[C@H](C(=O)N[C@@H](Cc1c[nH]c2ccccc12)C(=O)N[C@@H](CCC(N)=O)C(=O)N[C@@H](Cc1ccccc1)C(=O)O)C(C)C)C1CCCCC1. The molecule has 1 fully saturated rings. The number of primary amides is 1. The Morgan fingerprint density at radius 3 is 1.98 bits per heavy atom. The number of aromatic nitrogens is 1. The van der Waals surface area contributed by atoms with E-state index in [1.807, 2.05) is 38.1 Å². The van der Waals surface area contributed by atoms with Crippen LogP contribution in [0.25, 0.3) is 10.9 Å². The van der Waals surface area contributed by atoms with Gasteiger partial charge in [-0.15, -0.1) is 0 Å². The number of carboxylic acids is 1. The van der Waals surface area contributed by atoms with Crippen LogP contribution in [0.2, 0.25) is 0 Å². The molecule has 0 aliphatic heterocycles. The lowest BCUT2D eigenvalue weighted by molar-refractivity contribution is -0.142. The average Bonchev–Trinajstić information content (AvgIpc) is 3.64. The molecule has 1 aliphatic carbocycles. The van der Waals surface area contributed by atoms with E-state index in [1.54, 1.807) is 50.4 Å². The summed E-state index contributed by atoms with van der Waals surface area (Å²) in [4.78, 5) is 97.0. The van der Waals surface area contributed by atoms with Crippen molar-refractivity contribution in [3.8, 4) is 0 Å². The largest absolute Gasteiger partial charge is 0.480 e. The lowest BCUT2D eigenvalue weighted by atomic mass is 9.83. The molecule has 326 valence electrons. The monoisotopic (exact) mass is 830 g/mol. The number of carbonyl (C=O) groups is 7. The summed E-state index contributed by atoms with van der Waals surface area (Å²) in [7, 11) is 0. The highest BCUT2D eigenvalue weighted by atomic mass is 16.4. The van der Waals surface area contributed by atoms with Gasteiger partial charge in [0.2, 0.25) is 35.4 Å². The van der Waals surface area contributed by atoms with Crippen LogP contribution in [0.15, 0.2) is 60.8 Å². The number of aromatic amines is 1. The number of aliphatic carboxylic acids is 1. The summed E-state index contributed by atoms with van der Waals surface area (Å²) in [6.07, 6.45) is 5.95. The normalized spacial score (nSPS) is 16.6. The van der Waals surface area contributed by atoms with Gasteiger partial charge in [0.15, 0.2) is 0 Å². The van der Waals surface area contributed by atoms with Gasteiger partial charge in [-0.2, -0.15) is 0 Å². The number of H-pyrrole nitrogens is 1. The standard InChI is InChI=1S/C44H62N8O8/c1-5-26(4)36(46)41(56)52-38(28-16-10-7-11-17-28)43(58)51-37(25(2)3)42(57)49-33(23-29-24-47-31-19-13-12-18-30(29)31)40(55)48-32(20-21-35(45)53)39(54)50-34(44(59)60)22-27-14-8-6-9-15-27/h6,8-9,12-15,18-19,24-26,28,32-34,36-38,47H,5,7,10-11,16-17,20-23,46H2,1-4H3,(H2,45,53)(H,48,55)(H,49,57)(H,50,54)(H,51,58)(H,52,56)(H,59,60)/t26-,32-,33-,34-,36-,37-,38-/m0/s1. The molecule has 1 aliphatic rings. The second-order valence-corrected chi connectivity index (χ2v) is 16.3. The Bertz CT molecular complexity index is 1950. The van der Waals surface area contributed by atoms with Crippen LogP contribution in [0.1, 0.15) is 90.2 Å². The summed E-state index contributed by atoms with van der Waals surface area (Å²) < 4.78 is 0. The van der Waals surface area contributed by atoms with E-state index >= 15 is 0 Å². The Hall–Kier alpha value is -5.77. The summed E-state index contributed by atoms with van der Waals surface area (Å²) in [5, 5.41) is 24.4. The van der Waals surface area contributed by atoms with Crippen molar-refractivity contribution in [1.82, 2.24) is 31.6 Å². The molecule has 60 heavy (non-hydrogen) atoms. The topological polar surface area (TPSA) is 268 Å². The number of hydrogen-bond acceptors (Lipinski definition) is 8. The molecule has 2 aromatic carbocycles. The number of rotatable bonds is 22. The van der Waals surface area contributed by atoms with Crippen LogP contribution in [-0.2, 0) is 46.4 Å². The molecule has 1 saturated carbocycles. The van der Waals surface area contributed by atoms with E-state index in [2.05, 4.69) is 31.6 Å². The lowest BCUT2D eigenvalue weighted by Gasteiger charge is -2.33. The minimum atomic E-state index is -1.41. The van der Waals surface area contributed by atoms with Gasteiger partial charge in [-0.05, 0) is 54.2 Å². The minimum Gasteiger partial charge on any atom is -0.480 e. The number of carbonyl (C=O) groups excluding carboxylic acids is 6. The molecule has 1 heterocycles. The molecule has 16 heteroatoms. The van der Waals surface area contributed by atoms with Crippen molar-refractivity contribution in [2.24, 2.45) is 29.2 Å². The van der Waals surface area contributed by atoms with E-state index in [9.17, 15) is 38.7 Å². The smallest absolute Gasteiger partial charge is 0.326 e. The molecule has 11 N–H and O–H groups in total. The zero-order valence-corrected chi connectivity index (χ0v) is 35.0. The van der Waals surface area contributed by atoms with Gasteiger partial charge in [-0.25, -0.2) is 4.79 Å². The fraction of sp³-hybridized carbons (Fsp3) is 0.523. The number of carboxylic acid groups (broad SMARTS) is 1. The first-order valence-electron chi connectivity index (χ1n) is 21.0. The van der Waals surface area contributed by atoms with Gasteiger partial charge >= 0.3 is 5.97 Å². The summed E-state index contributed by atoms with van der Waals surface area (Å²) in [6, 6.07) is 9.06. The van der Waals surface area contributed by atoms with E-state index in [0.717, 1.165) is 30.2 Å². The maximum atomic E-state index is 14.3. The third kappa shape index (κ3) is 13.4. The van der Waals surface area contributed by atoms with E-state index in [4.69, 9.17) is 11.5 Å². The van der Waals surface area contributed by atoms with Crippen LogP contribution in [0.4, 0.5) is 0 Å². The van der Waals surface area contributed by atoms with Gasteiger partial charge in [-0.1, -0.05) is 102 Å². The summed E-state index contributed by atoms with van der Waals surface area (Å²) >= 11 is 0. The summed E-state index contributed by atoms with van der Waals surface area (Å²) in [6.45, 7) is 7.28. The lowest BCUT2D eigenvalue weighted by Crippen LogP contribution is -2.61. The molecule has 6 amide bonds. The molecule has 0 radical (unpaired) electrons. The third-order valence-electron chi connectivity index (χ3n) is 11.4. The zero-order chi connectivity index (χ0) is 43.9. The molecule has 0 bridgehead atoms. The summed E-state index contributed by atoms with van der Waals surface area (Å²) in [5.74, 6) is -6.13. The number of para-hydroxylation sites is 1. The Labute approximate surface area is 351 Å². The minimum absolute atomic E-state index is 0.0457. The first kappa shape index (κ1) is 46.9. The predicted octanol–water partition coefficient (Wildman–Crippen LogP) is 2.34. The maximum Gasteiger partial charge on any atom is 0.326 e. The van der Waals surface area contributed by atoms with Crippen molar-refractivity contribution >= 4 is 52.3 Å². The Balaban J connectivity index is 1.60. The molecule has 0 unspecified atom stereocenters. The van der Waals surface area contributed by atoms with Gasteiger partial charge in [0, 0.05) is 36.4 Å². The zero-order valence-electron chi connectivity index (χ0n) is 35.0. The van der Waals surface area contributed by atoms with Crippen LogP contribution in [0.5, 0.6) is 0 Å². The molecule has 1 aromatic heterocycles. The molecule has 0 spiro atoms. The average molecular weight is 831 g/mol. The van der Waals surface area contributed by atoms with Crippen LogP contribution in [0, 0.1) is 17.8 Å². The Morgan fingerprint density at radius 1 is 0.733 bits per heavy atom. The van der Waals surface area contributed by atoms with Crippen LogP contribution < -0.4 is 38.1 Å². The van der Waals surface area contributed by atoms with E-state index in [1.165, 1.54) is 0 Å². The molecule has 3 aromatic rings. The van der Waals surface area contributed by atoms with Gasteiger partial charge in [0.25, 0.3) is 0 Å². The maximum absolute atomic E-state index is 14.3. The first-order chi connectivity index (χ1) is 28.6. The molecular formula is C44H62N8O8. The second kappa shape index (κ2) is 22.6. The molecule has 16 nitrogen and oxygen atoms in total. The van der Waals surface area contributed by atoms with Gasteiger partial charge in [-0.3, -0.25) is 28.8 Å². The fourth-order valence-corrected chi connectivity index (χ4v) is 7.55. The molecule has 0 saturated heterocycles. The quantitative estimate of drug-likeness (QED) is 0.0719. The highest BCUT2D eigenvalue weighted by molar-refractivity contribution is 5.97. The Morgan fingerprint density at radius 2 is 1.35 bits per heavy atom. The van der Waals surface area contributed by atoms with Crippen molar-refractivity contribution in [2.75, 3.05) is 0 Å². The highest BCUT2D eigenvalue weighted by Crippen LogP contribution is 2.27. The van der Waals surface area contributed by atoms with Crippen molar-refractivity contribution in [3.63, 3.8) is 0 Å². The number of nitrogens with two attached hydrogens (primary N) is 2.